The Labute approximate surface area is 168 Å². The minimum Gasteiger partial charge on any atom is -0.349 e. The Kier molecular flexibility index (Phi) is 5.29. The number of pyridine rings is 1. The SMILES string of the molecule is Cc1nc(-c2ccncc2)ncc1C(C)NC(=O)CCc1nc2ccccc2[nH]1. The lowest BCUT2D eigenvalue weighted by Gasteiger charge is -2.16. The van der Waals surface area contributed by atoms with Gasteiger partial charge in [0.15, 0.2) is 5.82 Å². The van der Waals surface area contributed by atoms with Crippen molar-refractivity contribution in [3.8, 4) is 11.4 Å². The fraction of sp³-hybridized carbons (Fsp3) is 0.227. The average molecular weight is 386 g/mol. The van der Waals surface area contributed by atoms with Crippen LogP contribution in [0.1, 0.15) is 36.5 Å². The van der Waals surface area contributed by atoms with Gasteiger partial charge in [-0.2, -0.15) is 0 Å². The zero-order chi connectivity index (χ0) is 20.2. The fourth-order valence-corrected chi connectivity index (χ4v) is 3.29. The Morgan fingerprint density at radius 1 is 1.14 bits per heavy atom. The maximum atomic E-state index is 12.4. The molecule has 4 aromatic rings. The monoisotopic (exact) mass is 386 g/mol. The second-order valence-electron chi connectivity index (χ2n) is 6.96. The van der Waals surface area contributed by atoms with Crippen LogP contribution in [0.15, 0.2) is 55.0 Å². The van der Waals surface area contributed by atoms with Gasteiger partial charge in [-0.05, 0) is 38.1 Å². The van der Waals surface area contributed by atoms with Gasteiger partial charge in [0.2, 0.25) is 5.91 Å². The van der Waals surface area contributed by atoms with E-state index in [0.29, 0.717) is 18.7 Å². The van der Waals surface area contributed by atoms with Crippen LogP contribution in [-0.2, 0) is 11.2 Å². The lowest BCUT2D eigenvalue weighted by Crippen LogP contribution is -2.27. The highest BCUT2D eigenvalue weighted by molar-refractivity contribution is 5.77. The van der Waals surface area contributed by atoms with Crippen LogP contribution in [0.25, 0.3) is 22.4 Å². The van der Waals surface area contributed by atoms with Crippen molar-refractivity contribution in [2.75, 3.05) is 0 Å². The van der Waals surface area contributed by atoms with Gasteiger partial charge in [0.05, 0.1) is 17.1 Å². The van der Waals surface area contributed by atoms with E-state index in [1.54, 1.807) is 18.6 Å². The van der Waals surface area contributed by atoms with Crippen LogP contribution in [0.3, 0.4) is 0 Å². The number of rotatable bonds is 6. The number of fused-ring (bicyclic) bond motifs is 1. The van der Waals surface area contributed by atoms with Gasteiger partial charge < -0.3 is 10.3 Å². The number of para-hydroxylation sites is 2. The molecule has 0 bridgehead atoms. The zero-order valence-corrected chi connectivity index (χ0v) is 16.4. The number of nitrogens with zero attached hydrogens (tertiary/aromatic N) is 4. The van der Waals surface area contributed by atoms with Gasteiger partial charge in [-0.3, -0.25) is 9.78 Å². The molecular weight excluding hydrogens is 364 g/mol. The van der Waals surface area contributed by atoms with Crippen LogP contribution in [0.5, 0.6) is 0 Å². The summed E-state index contributed by atoms with van der Waals surface area (Å²) in [5.41, 5.74) is 4.56. The summed E-state index contributed by atoms with van der Waals surface area (Å²) in [4.78, 5) is 33.2. The third kappa shape index (κ3) is 4.29. The molecule has 2 N–H and O–H groups in total. The van der Waals surface area contributed by atoms with Crippen molar-refractivity contribution in [2.24, 2.45) is 0 Å². The number of H-pyrrole nitrogens is 1. The molecule has 1 unspecified atom stereocenters. The minimum atomic E-state index is -0.176. The van der Waals surface area contributed by atoms with Crippen molar-refractivity contribution in [1.29, 1.82) is 0 Å². The van der Waals surface area contributed by atoms with Crippen LogP contribution in [0.4, 0.5) is 0 Å². The van der Waals surface area contributed by atoms with E-state index in [4.69, 9.17) is 0 Å². The summed E-state index contributed by atoms with van der Waals surface area (Å²) < 4.78 is 0. The Balaban J connectivity index is 1.38. The summed E-state index contributed by atoms with van der Waals surface area (Å²) in [6, 6.07) is 11.4. The lowest BCUT2D eigenvalue weighted by molar-refractivity contribution is -0.121. The fourth-order valence-electron chi connectivity index (χ4n) is 3.29. The van der Waals surface area contributed by atoms with Gasteiger partial charge in [0.25, 0.3) is 0 Å². The first-order chi connectivity index (χ1) is 14.1. The van der Waals surface area contributed by atoms with E-state index in [-0.39, 0.29) is 11.9 Å². The molecule has 3 aromatic heterocycles. The van der Waals surface area contributed by atoms with E-state index >= 15 is 0 Å². The number of aryl methyl sites for hydroxylation is 2. The van der Waals surface area contributed by atoms with Crippen molar-refractivity contribution in [3.05, 3.63) is 72.1 Å². The molecule has 0 spiro atoms. The summed E-state index contributed by atoms with van der Waals surface area (Å²) in [5.74, 6) is 1.43. The molecule has 0 aliphatic rings. The predicted octanol–water partition coefficient (Wildman–Crippen LogP) is 3.53. The highest BCUT2D eigenvalue weighted by atomic mass is 16.1. The zero-order valence-electron chi connectivity index (χ0n) is 16.4. The number of carbonyl (C=O) groups excluding carboxylic acids is 1. The number of hydrogen-bond donors (Lipinski definition) is 2. The molecule has 146 valence electrons. The van der Waals surface area contributed by atoms with Crippen LogP contribution in [0, 0.1) is 6.92 Å². The second-order valence-corrected chi connectivity index (χ2v) is 6.96. The van der Waals surface area contributed by atoms with E-state index in [1.165, 1.54) is 0 Å². The number of benzene rings is 1. The smallest absolute Gasteiger partial charge is 0.220 e. The maximum absolute atomic E-state index is 12.4. The molecule has 29 heavy (non-hydrogen) atoms. The average Bonchev–Trinajstić information content (AvgIpc) is 3.16. The first-order valence-corrected chi connectivity index (χ1v) is 9.57. The van der Waals surface area contributed by atoms with Gasteiger partial charge >= 0.3 is 0 Å². The molecule has 0 aliphatic carbocycles. The number of carbonyl (C=O) groups is 1. The predicted molar refractivity (Wildman–Crippen MR) is 111 cm³/mol. The van der Waals surface area contributed by atoms with Crippen LogP contribution in [-0.4, -0.2) is 30.8 Å². The number of imidazole rings is 1. The topological polar surface area (TPSA) is 96.5 Å². The van der Waals surface area contributed by atoms with Crippen molar-refractivity contribution >= 4 is 16.9 Å². The van der Waals surface area contributed by atoms with Crippen molar-refractivity contribution in [3.63, 3.8) is 0 Å². The van der Waals surface area contributed by atoms with Gasteiger partial charge in [0.1, 0.15) is 5.82 Å². The first-order valence-electron chi connectivity index (χ1n) is 9.57. The molecule has 1 aromatic carbocycles. The van der Waals surface area contributed by atoms with E-state index in [2.05, 4.69) is 30.2 Å². The quantitative estimate of drug-likeness (QED) is 0.528. The van der Waals surface area contributed by atoms with Crippen molar-refractivity contribution < 1.29 is 4.79 Å². The summed E-state index contributed by atoms with van der Waals surface area (Å²) in [6.07, 6.45) is 6.13. The molecule has 0 saturated heterocycles. The second kappa shape index (κ2) is 8.18. The summed E-state index contributed by atoms with van der Waals surface area (Å²) in [7, 11) is 0. The third-order valence-corrected chi connectivity index (χ3v) is 4.83. The van der Waals surface area contributed by atoms with E-state index < -0.39 is 0 Å². The molecule has 4 rings (SSSR count). The molecule has 0 fully saturated rings. The molecule has 1 atom stereocenters. The normalized spacial score (nSPS) is 12.1. The summed E-state index contributed by atoms with van der Waals surface area (Å²) in [6.45, 7) is 3.87. The van der Waals surface area contributed by atoms with Gasteiger partial charge in [-0.25, -0.2) is 15.0 Å². The molecule has 3 heterocycles. The van der Waals surface area contributed by atoms with Crippen LogP contribution < -0.4 is 5.32 Å². The third-order valence-electron chi connectivity index (χ3n) is 4.83. The molecule has 0 aliphatic heterocycles. The number of aromatic amines is 1. The van der Waals surface area contributed by atoms with E-state index in [1.807, 2.05) is 50.2 Å². The van der Waals surface area contributed by atoms with Crippen LogP contribution in [0.2, 0.25) is 0 Å². The van der Waals surface area contributed by atoms with Crippen molar-refractivity contribution in [1.82, 2.24) is 30.2 Å². The van der Waals surface area contributed by atoms with E-state index in [9.17, 15) is 4.79 Å². The van der Waals surface area contributed by atoms with Crippen molar-refractivity contribution in [2.45, 2.75) is 32.7 Å². The molecule has 0 radical (unpaired) electrons. The number of amides is 1. The van der Waals surface area contributed by atoms with E-state index in [0.717, 1.165) is 33.7 Å². The minimum absolute atomic E-state index is 0.0319. The number of nitrogens with one attached hydrogen (secondary N) is 2. The Hall–Kier alpha value is -3.61. The summed E-state index contributed by atoms with van der Waals surface area (Å²) in [5, 5.41) is 3.03. The van der Waals surface area contributed by atoms with Gasteiger partial charge in [-0.15, -0.1) is 0 Å². The van der Waals surface area contributed by atoms with Crippen LogP contribution >= 0.6 is 0 Å². The Morgan fingerprint density at radius 2 is 1.93 bits per heavy atom. The molecule has 7 nitrogen and oxygen atoms in total. The summed E-state index contributed by atoms with van der Waals surface area (Å²) >= 11 is 0. The molecule has 0 saturated carbocycles. The highest BCUT2D eigenvalue weighted by Crippen LogP contribution is 2.19. The number of hydrogen-bond acceptors (Lipinski definition) is 5. The standard InChI is InChI=1S/C22H22N6O/c1-14(17-13-24-22(26-15(17)2)16-9-11-23-12-10-16)25-21(29)8-7-20-27-18-5-3-4-6-19(18)28-20/h3-6,9-14H,7-8H2,1-2H3,(H,25,29)(H,27,28). The van der Waals surface area contributed by atoms with Gasteiger partial charge in [0, 0.05) is 48.3 Å². The largest absolute Gasteiger partial charge is 0.349 e. The van der Waals surface area contributed by atoms with Gasteiger partial charge in [-0.1, -0.05) is 12.1 Å². The molecule has 7 heteroatoms. The highest BCUT2D eigenvalue weighted by Gasteiger charge is 2.15. The lowest BCUT2D eigenvalue weighted by atomic mass is 10.1. The Morgan fingerprint density at radius 3 is 2.69 bits per heavy atom. The molecule has 1 amide bonds. The first kappa shape index (κ1) is 18.7. The maximum Gasteiger partial charge on any atom is 0.220 e. The molecular formula is C22H22N6O. The Bertz CT molecular complexity index is 1110. The number of aromatic nitrogens is 5.